The third-order valence-corrected chi connectivity index (χ3v) is 1.59. The van der Waals surface area contributed by atoms with Gasteiger partial charge >= 0.3 is 12.4 Å². The summed E-state index contributed by atoms with van der Waals surface area (Å²) in [6.45, 7) is 0. The summed E-state index contributed by atoms with van der Waals surface area (Å²) in [5.74, 6) is -0.807. The van der Waals surface area contributed by atoms with Crippen LogP contribution in [0.4, 0.5) is 32.0 Å². The highest BCUT2D eigenvalue weighted by atomic mass is 19.4. The van der Waals surface area contributed by atoms with Crippen LogP contribution in [0.1, 0.15) is 0 Å². The summed E-state index contributed by atoms with van der Waals surface area (Å²) in [6, 6.07) is 1.89. The molecule has 1 heterocycles. The maximum Gasteiger partial charge on any atom is 0.434 e. The van der Waals surface area contributed by atoms with Crippen molar-refractivity contribution in [2.45, 2.75) is 18.5 Å². The molecule has 0 radical (unpaired) electrons. The van der Waals surface area contributed by atoms with Gasteiger partial charge in [0.2, 0.25) is 5.88 Å². The number of ether oxygens (including phenoxy) is 1. The van der Waals surface area contributed by atoms with Crippen LogP contribution in [0.3, 0.4) is 0 Å². The van der Waals surface area contributed by atoms with E-state index in [-0.39, 0.29) is 5.69 Å². The minimum absolute atomic E-state index is 0.0907. The molecule has 1 aromatic heterocycles. The first-order valence-corrected chi connectivity index (χ1v) is 4.12. The van der Waals surface area contributed by atoms with Gasteiger partial charge in [-0.15, -0.1) is 0 Å². The number of aromatic nitrogens is 1. The Morgan fingerprint density at radius 3 is 1.94 bits per heavy atom. The lowest BCUT2D eigenvalue weighted by Gasteiger charge is -2.23. The smallest absolute Gasteiger partial charge is 0.434 e. The van der Waals surface area contributed by atoms with Crippen LogP contribution in [0, 0.1) is 0 Å². The summed E-state index contributed by atoms with van der Waals surface area (Å²) in [7, 11) is 0. The number of nitrogens with two attached hydrogens (primary N) is 1. The molecule has 2 N–H and O–H groups in total. The molecule has 0 aliphatic carbocycles. The molecule has 9 heteroatoms. The van der Waals surface area contributed by atoms with Gasteiger partial charge in [0.05, 0.1) is 11.9 Å². The summed E-state index contributed by atoms with van der Waals surface area (Å²) in [5, 5.41) is 0. The number of nitrogens with zero attached hydrogens (tertiary/aromatic N) is 1. The first-order chi connectivity index (χ1) is 7.60. The molecule has 0 bridgehead atoms. The number of anilines is 1. The Morgan fingerprint density at radius 1 is 1.06 bits per heavy atom. The van der Waals surface area contributed by atoms with Gasteiger partial charge in [0, 0.05) is 6.07 Å². The molecule has 3 nitrogen and oxygen atoms in total. The Hall–Kier alpha value is -1.67. The molecule has 1 rings (SSSR count). The zero-order valence-electron chi connectivity index (χ0n) is 8.01. The number of halogens is 6. The van der Waals surface area contributed by atoms with E-state index in [0.29, 0.717) is 0 Å². The molecule has 0 aliphatic rings. The normalized spacial score (nSPS) is 12.9. The van der Waals surface area contributed by atoms with Gasteiger partial charge in [-0.3, -0.25) is 0 Å². The Bertz CT molecular complexity index is 357. The number of alkyl halides is 6. The molecule has 0 aliphatic heterocycles. The molecule has 0 aromatic carbocycles. The molecule has 0 saturated carbocycles. The van der Waals surface area contributed by atoms with Crippen LogP contribution in [0.2, 0.25) is 0 Å². The zero-order valence-corrected chi connectivity index (χ0v) is 8.01. The first kappa shape index (κ1) is 13.4. The standard InChI is InChI=1S/C8H6F6N2O/c9-7(10,11)6(8(12,13)14)17-5-2-1-4(15)3-16-5/h1-3,6H,15H2. The lowest BCUT2D eigenvalue weighted by molar-refractivity contribution is -0.300. The molecule has 1 aromatic rings. The van der Waals surface area contributed by atoms with Crippen molar-refractivity contribution in [1.82, 2.24) is 4.98 Å². The summed E-state index contributed by atoms with van der Waals surface area (Å²) in [6.07, 6.45) is -14.2. The number of hydrogen-bond acceptors (Lipinski definition) is 3. The highest BCUT2D eigenvalue weighted by Crippen LogP contribution is 2.35. The van der Waals surface area contributed by atoms with Gasteiger partial charge < -0.3 is 10.5 Å². The second-order valence-corrected chi connectivity index (χ2v) is 3.01. The van der Waals surface area contributed by atoms with Crippen molar-refractivity contribution in [2.24, 2.45) is 0 Å². The lowest BCUT2D eigenvalue weighted by atomic mass is 10.3. The number of hydrogen-bond donors (Lipinski definition) is 1. The fraction of sp³-hybridized carbons (Fsp3) is 0.375. The highest BCUT2D eigenvalue weighted by Gasteiger charge is 2.59. The van der Waals surface area contributed by atoms with Crippen LogP contribution < -0.4 is 10.5 Å². The topological polar surface area (TPSA) is 48.1 Å². The molecular formula is C8H6F6N2O. The van der Waals surface area contributed by atoms with Crippen LogP contribution in [-0.2, 0) is 0 Å². The summed E-state index contributed by atoms with van der Waals surface area (Å²) < 4.78 is 76.3. The minimum atomic E-state index is -5.57. The van der Waals surface area contributed by atoms with Crippen molar-refractivity contribution in [3.05, 3.63) is 18.3 Å². The Kier molecular flexibility index (Phi) is 3.39. The van der Waals surface area contributed by atoms with Gasteiger partial charge in [0.15, 0.2) is 0 Å². The van der Waals surface area contributed by atoms with E-state index < -0.39 is 24.3 Å². The van der Waals surface area contributed by atoms with Crippen molar-refractivity contribution in [3.8, 4) is 5.88 Å². The molecule has 0 fully saturated rings. The highest BCUT2D eigenvalue weighted by molar-refractivity contribution is 5.36. The van der Waals surface area contributed by atoms with Crippen molar-refractivity contribution >= 4 is 5.69 Å². The summed E-state index contributed by atoms with van der Waals surface area (Å²) in [4.78, 5) is 3.20. The van der Waals surface area contributed by atoms with E-state index in [4.69, 9.17) is 5.73 Å². The minimum Gasteiger partial charge on any atom is -0.455 e. The fourth-order valence-corrected chi connectivity index (χ4v) is 0.901. The lowest BCUT2D eigenvalue weighted by Crippen LogP contribution is -2.46. The molecule has 17 heavy (non-hydrogen) atoms. The van der Waals surface area contributed by atoms with Gasteiger partial charge in [0.25, 0.3) is 6.10 Å². The molecule has 96 valence electrons. The number of nitrogen functional groups attached to an aromatic ring is 1. The summed E-state index contributed by atoms with van der Waals surface area (Å²) in [5.41, 5.74) is 5.26. The van der Waals surface area contributed by atoms with Crippen molar-refractivity contribution in [3.63, 3.8) is 0 Å². The predicted molar refractivity (Wildman–Crippen MR) is 45.2 cm³/mol. The Balaban J connectivity index is 2.92. The monoisotopic (exact) mass is 260 g/mol. The van der Waals surface area contributed by atoms with E-state index in [1.165, 1.54) is 0 Å². The quantitative estimate of drug-likeness (QED) is 0.831. The van der Waals surface area contributed by atoms with Gasteiger partial charge in [-0.25, -0.2) is 4.98 Å². The zero-order chi connectivity index (χ0) is 13.3. The largest absolute Gasteiger partial charge is 0.455 e. The van der Waals surface area contributed by atoms with Crippen LogP contribution in [0.15, 0.2) is 18.3 Å². The van der Waals surface area contributed by atoms with E-state index in [9.17, 15) is 26.3 Å². The second-order valence-electron chi connectivity index (χ2n) is 3.01. The van der Waals surface area contributed by atoms with Crippen LogP contribution >= 0.6 is 0 Å². The van der Waals surface area contributed by atoms with Crippen molar-refractivity contribution < 1.29 is 31.1 Å². The van der Waals surface area contributed by atoms with Crippen molar-refractivity contribution in [1.29, 1.82) is 0 Å². The Labute approximate surface area is 91.2 Å². The molecule has 0 unspecified atom stereocenters. The second kappa shape index (κ2) is 4.30. The maximum atomic E-state index is 12.1. The molecule has 0 saturated heterocycles. The summed E-state index contributed by atoms with van der Waals surface area (Å²) >= 11 is 0. The number of pyridine rings is 1. The molecule has 0 spiro atoms. The molecule has 0 atom stereocenters. The average Bonchev–Trinajstić information content (AvgIpc) is 2.13. The first-order valence-electron chi connectivity index (χ1n) is 4.12. The molecule has 0 amide bonds. The third kappa shape index (κ3) is 3.68. The van der Waals surface area contributed by atoms with E-state index >= 15 is 0 Å². The molecular weight excluding hydrogens is 254 g/mol. The van der Waals surface area contributed by atoms with Gasteiger partial charge in [-0.1, -0.05) is 0 Å². The van der Waals surface area contributed by atoms with E-state index in [0.717, 1.165) is 18.3 Å². The average molecular weight is 260 g/mol. The fourth-order valence-electron chi connectivity index (χ4n) is 0.901. The van der Waals surface area contributed by atoms with Crippen LogP contribution in [0.5, 0.6) is 5.88 Å². The van der Waals surface area contributed by atoms with Crippen LogP contribution in [0.25, 0.3) is 0 Å². The Morgan fingerprint density at radius 2 is 1.59 bits per heavy atom. The van der Waals surface area contributed by atoms with Crippen LogP contribution in [-0.4, -0.2) is 23.4 Å². The van der Waals surface area contributed by atoms with Gasteiger partial charge in [-0.05, 0) is 6.07 Å². The number of rotatable bonds is 2. The SMILES string of the molecule is Nc1ccc(OC(C(F)(F)F)C(F)(F)F)nc1. The van der Waals surface area contributed by atoms with Gasteiger partial charge in [-0.2, -0.15) is 26.3 Å². The van der Waals surface area contributed by atoms with E-state index in [1.54, 1.807) is 0 Å². The van der Waals surface area contributed by atoms with E-state index in [2.05, 4.69) is 9.72 Å². The third-order valence-electron chi connectivity index (χ3n) is 1.59. The maximum absolute atomic E-state index is 12.1. The van der Waals surface area contributed by atoms with Crippen molar-refractivity contribution in [2.75, 3.05) is 5.73 Å². The van der Waals surface area contributed by atoms with E-state index in [1.807, 2.05) is 0 Å². The predicted octanol–water partition coefficient (Wildman–Crippen LogP) is 2.54. The van der Waals surface area contributed by atoms with Gasteiger partial charge in [0.1, 0.15) is 0 Å².